The average molecular weight is 695 g/mol. The van der Waals surface area contributed by atoms with Gasteiger partial charge in [0, 0.05) is 89.4 Å². The fourth-order valence-electron chi connectivity index (χ4n) is 12.2. The first-order valence-electron chi connectivity index (χ1n) is 19.8. The smallest absolute Gasteiger partial charge is 0.176 e. The molecule has 272 valence electrons. The van der Waals surface area contributed by atoms with Gasteiger partial charge < -0.3 is 19.9 Å². The molecule has 1 aliphatic carbocycles. The molecule has 7 fully saturated rings. The first-order valence-corrected chi connectivity index (χ1v) is 19.8. The summed E-state index contributed by atoms with van der Waals surface area (Å²) in [5.74, 6) is 2.10. The molecule has 51 heavy (non-hydrogen) atoms. The Balaban J connectivity index is 1.36. The van der Waals surface area contributed by atoms with Gasteiger partial charge in [-0.25, -0.2) is 19.9 Å². The minimum atomic E-state index is -0.850. The second-order valence-corrected chi connectivity index (χ2v) is 15.7. The highest BCUT2D eigenvalue weighted by molar-refractivity contribution is 5.66. The van der Waals surface area contributed by atoms with Crippen molar-refractivity contribution in [3.05, 3.63) is 66.9 Å². The first-order chi connectivity index (χ1) is 25.3. The monoisotopic (exact) mass is 694 g/mol. The highest BCUT2D eigenvalue weighted by Gasteiger charge is 2.97. The van der Waals surface area contributed by atoms with Crippen molar-refractivity contribution >= 4 is 5.82 Å². The third-order valence-corrected chi connectivity index (χ3v) is 13.8. The van der Waals surface area contributed by atoms with Gasteiger partial charge in [-0.1, -0.05) is 12.5 Å². The van der Waals surface area contributed by atoms with Crippen LogP contribution in [0.3, 0.4) is 0 Å². The van der Waals surface area contributed by atoms with Crippen LogP contribution in [0.15, 0.2) is 55.2 Å². The van der Waals surface area contributed by atoms with Crippen molar-refractivity contribution in [1.29, 1.82) is 0 Å². The second-order valence-electron chi connectivity index (χ2n) is 15.7. The number of rotatable bonds is 8. The number of pyridine rings is 1. The van der Waals surface area contributed by atoms with Crippen LogP contribution in [0, 0.1) is 5.41 Å². The molecule has 5 atom stereocenters. The summed E-state index contributed by atoms with van der Waals surface area (Å²) in [4.78, 5) is 42.2. The molecule has 6 saturated heterocycles. The molecule has 0 amide bonds. The predicted octanol–water partition coefficient (Wildman–Crippen LogP) is 1.99. The number of aromatic amines is 1. The molecule has 5 unspecified atom stereocenters. The Morgan fingerprint density at radius 2 is 1.33 bits per heavy atom. The van der Waals surface area contributed by atoms with E-state index in [0.29, 0.717) is 19.3 Å². The van der Waals surface area contributed by atoms with Gasteiger partial charge in [0.15, 0.2) is 17.2 Å². The summed E-state index contributed by atoms with van der Waals surface area (Å²) in [7, 11) is 0. The van der Waals surface area contributed by atoms with Gasteiger partial charge in [0.05, 0.1) is 18.6 Å². The van der Waals surface area contributed by atoms with E-state index in [4.69, 9.17) is 24.7 Å². The molecule has 3 aromatic rings. The highest BCUT2D eigenvalue weighted by atomic mass is 16.5. The van der Waals surface area contributed by atoms with Gasteiger partial charge in [-0.15, -0.1) is 0 Å². The minimum absolute atomic E-state index is 0.301. The summed E-state index contributed by atoms with van der Waals surface area (Å²) < 4.78 is 6.20. The minimum Gasteiger partial charge on any atom is -0.379 e. The number of anilines is 1. The van der Waals surface area contributed by atoms with Crippen LogP contribution < -0.4 is 10.2 Å². The van der Waals surface area contributed by atoms with Gasteiger partial charge in [-0.05, 0) is 82.9 Å². The normalized spacial score (nSPS) is 37.3. The fourth-order valence-corrected chi connectivity index (χ4v) is 12.2. The third-order valence-electron chi connectivity index (χ3n) is 13.8. The number of morpholine rings is 1. The van der Waals surface area contributed by atoms with Crippen molar-refractivity contribution in [3.63, 3.8) is 0 Å². The fraction of sp³-hybridized carbons (Fsp3) is 0.684. The zero-order valence-electron chi connectivity index (χ0n) is 30.0. The topological polar surface area (TPSA) is 108 Å². The van der Waals surface area contributed by atoms with Gasteiger partial charge in [-0.2, -0.15) is 0 Å². The summed E-state index contributed by atoms with van der Waals surface area (Å²) in [6, 6.07) is 8.75. The summed E-state index contributed by atoms with van der Waals surface area (Å²) in [6.45, 7) is 13.7. The van der Waals surface area contributed by atoms with Crippen molar-refractivity contribution in [3.8, 4) is 0 Å². The third kappa shape index (κ3) is 4.17. The van der Waals surface area contributed by atoms with E-state index in [9.17, 15) is 0 Å². The maximum Gasteiger partial charge on any atom is 0.176 e. The van der Waals surface area contributed by atoms with E-state index in [0.717, 1.165) is 89.3 Å². The van der Waals surface area contributed by atoms with Crippen LogP contribution in [0.4, 0.5) is 5.82 Å². The van der Waals surface area contributed by atoms with Crippen LogP contribution in [0.2, 0.25) is 0 Å². The Morgan fingerprint density at radius 1 is 0.647 bits per heavy atom. The van der Waals surface area contributed by atoms with E-state index in [1.54, 1.807) is 0 Å². The van der Waals surface area contributed by atoms with Gasteiger partial charge in [0.1, 0.15) is 17.3 Å². The van der Waals surface area contributed by atoms with E-state index in [1.165, 1.54) is 51.6 Å². The van der Waals surface area contributed by atoms with E-state index in [-0.39, 0.29) is 5.66 Å². The van der Waals surface area contributed by atoms with Crippen LogP contribution in [0.25, 0.3) is 0 Å². The van der Waals surface area contributed by atoms with E-state index in [2.05, 4.69) is 51.8 Å². The standard InChI is InChI=1S/C38H54N12O/c1-4-20-46(21-5-1)37(47-22-6-7-23-47)31(45-18-9-19-45)30-35(37)36(34-43-14-15-44-34,33-41-12-8-13-42-33)50(32-10-2-3-11-40-32)38(35,48-24-16-39-17-25-48)49-26-28-51-29-27-49/h2-3,8,10-15,31,39H,1,4-7,9,16-30H2,(H,43,44). The number of nitrogens with one attached hydrogen (secondary N) is 2. The van der Waals surface area contributed by atoms with Crippen molar-refractivity contribution in [1.82, 2.24) is 54.7 Å². The molecule has 1 spiro atoms. The van der Waals surface area contributed by atoms with Gasteiger partial charge in [-0.3, -0.25) is 24.5 Å². The number of hydrogen-bond donors (Lipinski definition) is 2. The number of ether oxygens (including phenoxy) is 1. The first kappa shape index (κ1) is 32.6. The molecule has 0 bridgehead atoms. The molecule has 0 radical (unpaired) electrons. The lowest BCUT2D eigenvalue weighted by atomic mass is 9.35. The Kier molecular flexibility index (Phi) is 8.19. The molecular formula is C38H54N12O. The molecule has 3 aromatic heterocycles. The van der Waals surface area contributed by atoms with Gasteiger partial charge in [0.2, 0.25) is 0 Å². The number of H-pyrrole nitrogens is 1. The van der Waals surface area contributed by atoms with Crippen molar-refractivity contribution in [2.45, 2.75) is 68.0 Å². The second kappa shape index (κ2) is 12.8. The Labute approximate surface area is 301 Å². The Hall–Kier alpha value is -3.04. The summed E-state index contributed by atoms with van der Waals surface area (Å²) in [5, 5.41) is 3.73. The predicted molar refractivity (Wildman–Crippen MR) is 194 cm³/mol. The molecular weight excluding hydrogens is 641 g/mol. The Morgan fingerprint density at radius 3 is 1.96 bits per heavy atom. The number of likely N-dealkylation sites (tertiary alicyclic amines) is 3. The molecule has 7 aliphatic rings. The van der Waals surface area contributed by atoms with Crippen molar-refractivity contribution in [2.24, 2.45) is 5.41 Å². The van der Waals surface area contributed by atoms with E-state index in [1.807, 2.05) is 43.1 Å². The zero-order valence-corrected chi connectivity index (χ0v) is 30.0. The molecule has 13 nitrogen and oxygen atoms in total. The zero-order chi connectivity index (χ0) is 33.9. The molecule has 13 heteroatoms. The number of aromatic nitrogens is 5. The van der Waals surface area contributed by atoms with Crippen molar-refractivity contribution < 1.29 is 4.74 Å². The maximum atomic E-state index is 6.20. The van der Waals surface area contributed by atoms with Crippen LogP contribution in [0.1, 0.15) is 56.6 Å². The van der Waals surface area contributed by atoms with E-state index < -0.39 is 16.7 Å². The number of piperidine rings is 1. The Bertz CT molecular complexity index is 1600. The highest BCUT2D eigenvalue weighted by Crippen LogP contribution is 2.81. The van der Waals surface area contributed by atoms with Crippen LogP contribution >= 0.6 is 0 Å². The van der Waals surface area contributed by atoms with Crippen LogP contribution in [0.5, 0.6) is 0 Å². The molecule has 6 aliphatic heterocycles. The summed E-state index contributed by atoms with van der Waals surface area (Å²) in [5.41, 5.74) is -1.60. The largest absolute Gasteiger partial charge is 0.379 e. The maximum absolute atomic E-state index is 6.20. The number of piperazine rings is 1. The molecule has 1 saturated carbocycles. The summed E-state index contributed by atoms with van der Waals surface area (Å²) >= 11 is 0. The number of hydrogen-bond acceptors (Lipinski definition) is 12. The number of imidazole rings is 1. The van der Waals surface area contributed by atoms with Gasteiger partial charge >= 0.3 is 0 Å². The lowest BCUT2D eigenvalue weighted by Crippen LogP contribution is -3.07. The quantitative estimate of drug-likeness (QED) is 0.360. The molecule has 10 rings (SSSR count). The van der Waals surface area contributed by atoms with Gasteiger partial charge in [0.25, 0.3) is 0 Å². The van der Waals surface area contributed by atoms with Crippen molar-refractivity contribution in [2.75, 3.05) is 96.7 Å². The summed E-state index contributed by atoms with van der Waals surface area (Å²) in [6.07, 6.45) is 18.3. The average Bonchev–Trinajstić information content (AvgIpc) is 3.91. The molecule has 0 aromatic carbocycles. The van der Waals surface area contributed by atoms with Crippen LogP contribution in [-0.4, -0.2) is 159 Å². The molecule has 9 heterocycles. The molecule has 2 N–H and O–H groups in total. The number of nitrogens with zero attached hydrogens (tertiary/aromatic N) is 10. The SMILES string of the molecule is c1ccc(N2C(c3ncccn3)(c3ncc[nH]3)C3(CC(N4CCC4)C3(N3CCCCC3)N3CCCC3)C2(N2CCNCC2)N2CCOCC2)nc1. The lowest BCUT2D eigenvalue weighted by molar-refractivity contribution is -0.406. The van der Waals surface area contributed by atoms with E-state index >= 15 is 0 Å². The van der Waals surface area contributed by atoms with Crippen LogP contribution in [-0.2, 0) is 10.3 Å². The lowest BCUT2D eigenvalue weighted by Gasteiger charge is -2.91.